The molecule has 0 unspecified atom stereocenters. The van der Waals surface area contributed by atoms with Gasteiger partial charge < -0.3 is 20.4 Å². The summed E-state index contributed by atoms with van der Waals surface area (Å²) in [6.45, 7) is 0. The fourth-order valence-corrected chi connectivity index (χ4v) is 3.75. The van der Waals surface area contributed by atoms with Gasteiger partial charge in [-0.15, -0.1) is 0 Å². The van der Waals surface area contributed by atoms with Gasteiger partial charge in [-0.2, -0.15) is 0 Å². The van der Waals surface area contributed by atoms with Crippen LogP contribution in [0.1, 0.15) is 22.3 Å². The molecule has 0 aliphatic rings. The standard InChI is InChI=1S/C28H26O4/c29-25-15-9-21(17-27(25)31)3-1-19-5-11-23(12-6-19)24-13-7-20(8-14-24)2-4-22-10-16-26(30)28(32)18-22/h5-18,29-32H,1-4H2. The van der Waals surface area contributed by atoms with Crippen molar-refractivity contribution in [2.75, 3.05) is 0 Å². The number of phenolic OH excluding ortho intramolecular Hbond substituents is 4. The Bertz CT molecular complexity index is 1100. The third-order valence-corrected chi connectivity index (χ3v) is 5.73. The monoisotopic (exact) mass is 426 g/mol. The smallest absolute Gasteiger partial charge is 0.157 e. The van der Waals surface area contributed by atoms with Gasteiger partial charge in [0.2, 0.25) is 0 Å². The van der Waals surface area contributed by atoms with Crippen molar-refractivity contribution < 1.29 is 20.4 Å². The van der Waals surface area contributed by atoms with Crippen molar-refractivity contribution in [2.45, 2.75) is 25.7 Å². The lowest BCUT2D eigenvalue weighted by molar-refractivity contribution is 0.403. The fourth-order valence-electron chi connectivity index (χ4n) is 3.75. The molecule has 0 spiro atoms. The summed E-state index contributed by atoms with van der Waals surface area (Å²) in [5, 5.41) is 38.1. The van der Waals surface area contributed by atoms with E-state index in [1.54, 1.807) is 12.1 Å². The maximum atomic E-state index is 9.62. The van der Waals surface area contributed by atoms with Crippen molar-refractivity contribution in [1.29, 1.82) is 0 Å². The van der Waals surface area contributed by atoms with Gasteiger partial charge in [0.25, 0.3) is 0 Å². The molecule has 0 saturated carbocycles. The molecule has 4 aromatic rings. The Labute approximate surface area is 187 Å². The Morgan fingerprint density at radius 2 is 0.656 bits per heavy atom. The molecule has 0 fully saturated rings. The molecule has 4 nitrogen and oxygen atoms in total. The summed E-state index contributed by atoms with van der Waals surface area (Å²) in [4.78, 5) is 0. The van der Waals surface area contributed by atoms with E-state index in [1.807, 2.05) is 12.1 Å². The SMILES string of the molecule is Oc1ccc(CCc2ccc(-c3ccc(CCc4ccc(O)c(O)c4)cc3)cc2)cc1O. The summed E-state index contributed by atoms with van der Waals surface area (Å²) >= 11 is 0. The van der Waals surface area contributed by atoms with E-state index in [2.05, 4.69) is 48.5 Å². The van der Waals surface area contributed by atoms with Crippen LogP contribution in [0.5, 0.6) is 23.0 Å². The highest BCUT2D eigenvalue weighted by molar-refractivity contribution is 5.64. The molecule has 4 N–H and O–H groups in total. The van der Waals surface area contributed by atoms with E-state index in [4.69, 9.17) is 0 Å². The predicted octanol–water partition coefficient (Wildman–Crippen LogP) is 5.75. The molecule has 0 aliphatic heterocycles. The Hall–Kier alpha value is -3.92. The average Bonchev–Trinajstić information content (AvgIpc) is 2.81. The summed E-state index contributed by atoms with van der Waals surface area (Å²) in [5.41, 5.74) is 6.73. The molecule has 4 rings (SSSR count). The van der Waals surface area contributed by atoms with Gasteiger partial charge in [0.15, 0.2) is 23.0 Å². The number of benzene rings is 4. The van der Waals surface area contributed by atoms with Crippen LogP contribution in [0, 0.1) is 0 Å². The zero-order valence-electron chi connectivity index (χ0n) is 17.7. The van der Waals surface area contributed by atoms with Crippen molar-refractivity contribution in [1.82, 2.24) is 0 Å². The molecule has 0 amide bonds. The molecule has 0 heterocycles. The summed E-state index contributed by atoms with van der Waals surface area (Å²) in [6, 6.07) is 26.9. The maximum Gasteiger partial charge on any atom is 0.157 e. The number of aromatic hydroxyl groups is 4. The Morgan fingerprint density at radius 3 is 1.00 bits per heavy atom. The van der Waals surface area contributed by atoms with E-state index in [0.717, 1.165) is 47.9 Å². The molecule has 4 aromatic carbocycles. The molecule has 162 valence electrons. The first-order valence-corrected chi connectivity index (χ1v) is 10.7. The first-order chi connectivity index (χ1) is 15.5. The minimum Gasteiger partial charge on any atom is -0.504 e. The quantitative estimate of drug-likeness (QED) is 0.284. The maximum absolute atomic E-state index is 9.62. The predicted molar refractivity (Wildman–Crippen MR) is 126 cm³/mol. The molecular weight excluding hydrogens is 400 g/mol. The van der Waals surface area contributed by atoms with Crippen LogP contribution in [-0.4, -0.2) is 20.4 Å². The Kier molecular flexibility index (Phi) is 6.31. The van der Waals surface area contributed by atoms with Gasteiger partial charge in [-0.3, -0.25) is 0 Å². The van der Waals surface area contributed by atoms with Crippen LogP contribution in [0.3, 0.4) is 0 Å². The fraction of sp³-hybridized carbons (Fsp3) is 0.143. The topological polar surface area (TPSA) is 80.9 Å². The first-order valence-electron chi connectivity index (χ1n) is 10.7. The van der Waals surface area contributed by atoms with E-state index in [-0.39, 0.29) is 23.0 Å². The Morgan fingerprint density at radius 1 is 0.344 bits per heavy atom. The number of rotatable bonds is 7. The van der Waals surface area contributed by atoms with Gasteiger partial charge in [0.05, 0.1) is 0 Å². The molecule has 0 saturated heterocycles. The molecule has 0 bridgehead atoms. The molecule has 32 heavy (non-hydrogen) atoms. The first kappa shape index (κ1) is 21.3. The van der Waals surface area contributed by atoms with Gasteiger partial charge in [-0.1, -0.05) is 60.7 Å². The van der Waals surface area contributed by atoms with Crippen LogP contribution in [0.25, 0.3) is 11.1 Å². The highest BCUT2D eigenvalue weighted by Gasteiger charge is 2.04. The lowest BCUT2D eigenvalue weighted by Crippen LogP contribution is -1.92. The normalized spacial score (nSPS) is 10.9. The number of hydrogen-bond donors (Lipinski definition) is 4. The van der Waals surface area contributed by atoms with Crippen LogP contribution in [-0.2, 0) is 25.7 Å². The zero-order chi connectivity index (χ0) is 22.5. The van der Waals surface area contributed by atoms with E-state index >= 15 is 0 Å². The van der Waals surface area contributed by atoms with E-state index < -0.39 is 0 Å². The van der Waals surface area contributed by atoms with Crippen molar-refractivity contribution in [3.05, 3.63) is 107 Å². The summed E-state index contributed by atoms with van der Waals surface area (Å²) < 4.78 is 0. The number of phenols is 4. The minimum absolute atomic E-state index is 0.0810. The summed E-state index contributed by atoms with van der Waals surface area (Å²) in [5.74, 6) is -0.349. The van der Waals surface area contributed by atoms with Gasteiger partial charge in [-0.05, 0) is 83.3 Å². The highest BCUT2D eigenvalue weighted by atomic mass is 16.3. The lowest BCUT2D eigenvalue weighted by atomic mass is 9.98. The molecule has 0 aliphatic carbocycles. The molecule has 4 heteroatoms. The van der Waals surface area contributed by atoms with Crippen LogP contribution in [0.15, 0.2) is 84.9 Å². The van der Waals surface area contributed by atoms with Crippen LogP contribution >= 0.6 is 0 Å². The second kappa shape index (κ2) is 9.48. The second-order valence-corrected chi connectivity index (χ2v) is 8.04. The molecule has 0 radical (unpaired) electrons. The van der Waals surface area contributed by atoms with E-state index in [9.17, 15) is 20.4 Å². The van der Waals surface area contributed by atoms with Gasteiger partial charge >= 0.3 is 0 Å². The molecular formula is C28H26O4. The number of hydrogen-bond acceptors (Lipinski definition) is 4. The largest absolute Gasteiger partial charge is 0.504 e. The minimum atomic E-state index is -0.0937. The lowest BCUT2D eigenvalue weighted by Gasteiger charge is -2.08. The average molecular weight is 427 g/mol. The third-order valence-electron chi connectivity index (χ3n) is 5.73. The highest BCUT2D eigenvalue weighted by Crippen LogP contribution is 2.27. The van der Waals surface area contributed by atoms with Crippen molar-refractivity contribution >= 4 is 0 Å². The summed E-state index contributed by atoms with van der Waals surface area (Å²) in [7, 11) is 0. The third kappa shape index (κ3) is 5.22. The van der Waals surface area contributed by atoms with Crippen LogP contribution in [0.2, 0.25) is 0 Å². The van der Waals surface area contributed by atoms with Gasteiger partial charge in [-0.25, -0.2) is 0 Å². The number of aryl methyl sites for hydroxylation is 4. The van der Waals surface area contributed by atoms with Crippen molar-refractivity contribution in [2.24, 2.45) is 0 Å². The van der Waals surface area contributed by atoms with Crippen molar-refractivity contribution in [3.63, 3.8) is 0 Å². The van der Waals surface area contributed by atoms with Gasteiger partial charge in [0, 0.05) is 0 Å². The zero-order valence-corrected chi connectivity index (χ0v) is 17.7. The van der Waals surface area contributed by atoms with E-state index in [0.29, 0.717) is 0 Å². The van der Waals surface area contributed by atoms with Crippen molar-refractivity contribution in [3.8, 4) is 34.1 Å². The van der Waals surface area contributed by atoms with Crippen LogP contribution in [0.4, 0.5) is 0 Å². The second-order valence-electron chi connectivity index (χ2n) is 8.04. The Balaban J connectivity index is 1.34. The molecule has 0 atom stereocenters. The van der Waals surface area contributed by atoms with Crippen LogP contribution < -0.4 is 0 Å². The van der Waals surface area contributed by atoms with E-state index in [1.165, 1.54) is 23.3 Å². The summed E-state index contributed by atoms with van der Waals surface area (Å²) in [6.07, 6.45) is 3.30. The molecule has 0 aromatic heterocycles. The van der Waals surface area contributed by atoms with Gasteiger partial charge in [0.1, 0.15) is 0 Å².